The molecule has 1 aliphatic rings. The van der Waals surface area contributed by atoms with Crippen LogP contribution < -0.4 is 5.32 Å². The minimum absolute atomic E-state index is 0.719. The number of aromatic nitrogens is 2. The highest BCUT2D eigenvalue weighted by Gasteiger charge is 2.24. The third-order valence-electron chi connectivity index (χ3n) is 3.51. The van der Waals surface area contributed by atoms with Gasteiger partial charge in [-0.1, -0.05) is 18.3 Å². The highest BCUT2D eigenvalue weighted by molar-refractivity contribution is 7.15. The third-order valence-corrected chi connectivity index (χ3v) is 4.44. The Balaban J connectivity index is 1.82. The smallest absolute Gasteiger partial charge is 0.205 e. The molecule has 0 amide bonds. The number of hydrogen-bond donors (Lipinski definition) is 1. The van der Waals surface area contributed by atoms with E-state index in [1.54, 1.807) is 11.3 Å². The largest absolute Gasteiger partial charge is 0.363 e. The lowest BCUT2D eigenvalue weighted by Crippen LogP contribution is -2.38. The number of nitrogens with one attached hydrogen (secondary N) is 1. The van der Waals surface area contributed by atoms with Gasteiger partial charge in [0, 0.05) is 19.6 Å². The monoisotopic (exact) mass is 269 g/mol. The standard InChI is InChI=1S/C12H23N5S/c1-4-17-7-5-6-10(17)8-16(3)9-11-14-15-12(13-2)18-11/h10H,4-9H2,1-3H3,(H,13,15). The van der Waals surface area contributed by atoms with Gasteiger partial charge in [0.2, 0.25) is 5.13 Å². The summed E-state index contributed by atoms with van der Waals surface area (Å²) >= 11 is 1.64. The van der Waals surface area contributed by atoms with Gasteiger partial charge in [0.15, 0.2) is 0 Å². The van der Waals surface area contributed by atoms with Crippen LogP contribution >= 0.6 is 11.3 Å². The van der Waals surface area contributed by atoms with Gasteiger partial charge in [-0.3, -0.25) is 9.80 Å². The van der Waals surface area contributed by atoms with Gasteiger partial charge in [0.05, 0.1) is 6.54 Å². The van der Waals surface area contributed by atoms with E-state index in [2.05, 4.69) is 39.3 Å². The predicted molar refractivity (Wildman–Crippen MR) is 76.1 cm³/mol. The number of likely N-dealkylation sites (N-methyl/N-ethyl adjacent to an activating group) is 2. The normalized spacial score (nSPS) is 20.8. The Kier molecular flexibility index (Phi) is 4.91. The Hall–Kier alpha value is -0.720. The van der Waals surface area contributed by atoms with E-state index in [-0.39, 0.29) is 0 Å². The zero-order chi connectivity index (χ0) is 13.0. The molecule has 2 heterocycles. The second-order valence-corrected chi connectivity index (χ2v) is 5.93. The molecule has 1 atom stereocenters. The van der Waals surface area contributed by atoms with E-state index in [1.165, 1.54) is 25.9 Å². The van der Waals surface area contributed by atoms with Crippen LogP contribution in [-0.2, 0) is 6.54 Å². The van der Waals surface area contributed by atoms with Crippen molar-refractivity contribution in [3.05, 3.63) is 5.01 Å². The minimum Gasteiger partial charge on any atom is -0.363 e. The molecule has 18 heavy (non-hydrogen) atoms. The molecule has 1 unspecified atom stereocenters. The molecule has 0 radical (unpaired) electrons. The van der Waals surface area contributed by atoms with Gasteiger partial charge >= 0.3 is 0 Å². The number of rotatable bonds is 6. The summed E-state index contributed by atoms with van der Waals surface area (Å²) in [6.45, 7) is 6.71. The van der Waals surface area contributed by atoms with Crippen LogP contribution in [0.15, 0.2) is 0 Å². The summed E-state index contributed by atoms with van der Waals surface area (Å²) in [5.74, 6) is 0. The van der Waals surface area contributed by atoms with Gasteiger partial charge < -0.3 is 5.32 Å². The average Bonchev–Trinajstić information content (AvgIpc) is 2.97. The fourth-order valence-electron chi connectivity index (χ4n) is 2.59. The van der Waals surface area contributed by atoms with Crippen LogP contribution in [0.5, 0.6) is 0 Å². The molecule has 1 saturated heterocycles. The van der Waals surface area contributed by atoms with Crippen molar-refractivity contribution in [3.8, 4) is 0 Å². The molecule has 1 aromatic rings. The van der Waals surface area contributed by atoms with Gasteiger partial charge in [-0.05, 0) is 33.0 Å². The van der Waals surface area contributed by atoms with E-state index in [1.807, 2.05) is 7.05 Å². The number of nitrogens with zero attached hydrogens (tertiary/aromatic N) is 4. The third kappa shape index (κ3) is 3.40. The van der Waals surface area contributed by atoms with Crippen LogP contribution in [0.3, 0.4) is 0 Å². The van der Waals surface area contributed by atoms with Crippen molar-refractivity contribution in [2.45, 2.75) is 32.4 Å². The Morgan fingerprint density at radius 2 is 2.33 bits per heavy atom. The second kappa shape index (κ2) is 6.45. The number of anilines is 1. The molecule has 0 bridgehead atoms. The van der Waals surface area contributed by atoms with E-state index < -0.39 is 0 Å². The van der Waals surface area contributed by atoms with Crippen molar-refractivity contribution in [3.63, 3.8) is 0 Å². The molecule has 5 nitrogen and oxygen atoms in total. The summed E-state index contributed by atoms with van der Waals surface area (Å²) in [5, 5.41) is 13.3. The maximum absolute atomic E-state index is 4.19. The molecule has 102 valence electrons. The summed E-state index contributed by atoms with van der Waals surface area (Å²) in [4.78, 5) is 4.94. The Morgan fingerprint density at radius 1 is 1.50 bits per heavy atom. The molecule has 0 aliphatic carbocycles. The van der Waals surface area contributed by atoms with Crippen molar-refractivity contribution in [2.75, 3.05) is 39.0 Å². The number of hydrogen-bond acceptors (Lipinski definition) is 6. The molecule has 1 aliphatic heterocycles. The lowest BCUT2D eigenvalue weighted by Gasteiger charge is -2.27. The van der Waals surface area contributed by atoms with Crippen LogP contribution in [0.25, 0.3) is 0 Å². The molecule has 1 fully saturated rings. The lowest BCUT2D eigenvalue weighted by molar-refractivity contribution is 0.194. The molecular formula is C12H23N5S. The van der Waals surface area contributed by atoms with E-state index in [4.69, 9.17) is 0 Å². The molecule has 0 aromatic carbocycles. The minimum atomic E-state index is 0.719. The zero-order valence-electron chi connectivity index (χ0n) is 11.5. The van der Waals surface area contributed by atoms with Crippen molar-refractivity contribution in [1.29, 1.82) is 0 Å². The summed E-state index contributed by atoms with van der Waals surface area (Å²) in [6.07, 6.45) is 2.67. The van der Waals surface area contributed by atoms with E-state index in [0.717, 1.165) is 29.3 Å². The zero-order valence-corrected chi connectivity index (χ0v) is 12.3. The summed E-state index contributed by atoms with van der Waals surface area (Å²) in [7, 11) is 4.05. The first-order valence-corrected chi connectivity index (χ1v) is 7.47. The fourth-order valence-corrected chi connectivity index (χ4v) is 3.37. The summed E-state index contributed by atoms with van der Waals surface area (Å²) in [5.41, 5.74) is 0. The van der Waals surface area contributed by atoms with Crippen LogP contribution in [0.2, 0.25) is 0 Å². The Bertz CT molecular complexity index is 367. The number of likely N-dealkylation sites (tertiary alicyclic amines) is 1. The highest BCUT2D eigenvalue weighted by atomic mass is 32.1. The van der Waals surface area contributed by atoms with Gasteiger partial charge in [-0.15, -0.1) is 10.2 Å². The molecule has 1 N–H and O–H groups in total. The Labute approximate surface area is 113 Å². The van der Waals surface area contributed by atoms with Crippen LogP contribution in [0, 0.1) is 0 Å². The summed E-state index contributed by atoms with van der Waals surface area (Å²) < 4.78 is 0. The molecule has 2 rings (SSSR count). The molecular weight excluding hydrogens is 246 g/mol. The van der Waals surface area contributed by atoms with Gasteiger partial charge in [-0.25, -0.2) is 0 Å². The van der Waals surface area contributed by atoms with Crippen LogP contribution in [0.4, 0.5) is 5.13 Å². The van der Waals surface area contributed by atoms with E-state index >= 15 is 0 Å². The Morgan fingerprint density at radius 3 is 3.00 bits per heavy atom. The first-order chi connectivity index (χ1) is 8.72. The van der Waals surface area contributed by atoms with E-state index in [9.17, 15) is 0 Å². The fraction of sp³-hybridized carbons (Fsp3) is 0.833. The molecule has 1 aromatic heterocycles. The van der Waals surface area contributed by atoms with E-state index in [0.29, 0.717) is 0 Å². The average molecular weight is 269 g/mol. The van der Waals surface area contributed by atoms with Crippen molar-refractivity contribution < 1.29 is 0 Å². The first kappa shape index (κ1) is 13.7. The first-order valence-electron chi connectivity index (χ1n) is 6.65. The molecule has 6 heteroatoms. The second-order valence-electron chi connectivity index (χ2n) is 4.87. The topological polar surface area (TPSA) is 44.3 Å². The predicted octanol–water partition coefficient (Wildman–Crippen LogP) is 1.50. The lowest BCUT2D eigenvalue weighted by atomic mass is 10.2. The van der Waals surface area contributed by atoms with Crippen LogP contribution in [0.1, 0.15) is 24.8 Å². The molecule has 0 spiro atoms. The maximum Gasteiger partial charge on any atom is 0.205 e. The quantitative estimate of drug-likeness (QED) is 0.848. The van der Waals surface area contributed by atoms with Crippen molar-refractivity contribution >= 4 is 16.5 Å². The van der Waals surface area contributed by atoms with Crippen molar-refractivity contribution in [2.24, 2.45) is 0 Å². The highest BCUT2D eigenvalue weighted by Crippen LogP contribution is 2.19. The van der Waals surface area contributed by atoms with Gasteiger partial charge in [-0.2, -0.15) is 0 Å². The maximum atomic E-state index is 4.19. The SMILES string of the molecule is CCN1CCCC1CN(C)Cc1nnc(NC)s1. The van der Waals surface area contributed by atoms with Crippen molar-refractivity contribution in [1.82, 2.24) is 20.0 Å². The summed E-state index contributed by atoms with van der Waals surface area (Å²) in [6, 6.07) is 0.719. The van der Waals surface area contributed by atoms with Crippen LogP contribution in [-0.4, -0.2) is 59.8 Å². The van der Waals surface area contributed by atoms with Gasteiger partial charge in [0.25, 0.3) is 0 Å². The van der Waals surface area contributed by atoms with Gasteiger partial charge in [0.1, 0.15) is 5.01 Å². The molecule has 0 saturated carbocycles.